The van der Waals surface area contributed by atoms with Crippen molar-refractivity contribution >= 4 is 11.9 Å². The zero-order valence-corrected chi connectivity index (χ0v) is 15.7. The number of carbonyl (C=O) groups is 2. The van der Waals surface area contributed by atoms with Crippen molar-refractivity contribution in [2.24, 2.45) is 5.92 Å². The molecular weight excluding hydrogens is 342 g/mol. The van der Waals surface area contributed by atoms with E-state index in [1.54, 1.807) is 24.3 Å². The molecule has 5 nitrogen and oxygen atoms in total. The summed E-state index contributed by atoms with van der Waals surface area (Å²) in [6.45, 7) is 4.06. The maximum Gasteiger partial charge on any atom is 0.342 e. The number of hydrogen-bond acceptors (Lipinski definition) is 4. The molecule has 5 heteroatoms. The van der Waals surface area contributed by atoms with Crippen molar-refractivity contribution in [3.05, 3.63) is 65.2 Å². The van der Waals surface area contributed by atoms with Crippen LogP contribution in [-0.4, -0.2) is 24.5 Å². The zero-order chi connectivity index (χ0) is 19.2. The molecule has 0 saturated heterocycles. The largest absolute Gasteiger partial charge is 0.488 e. The lowest BCUT2D eigenvalue weighted by atomic mass is 10.1. The van der Waals surface area contributed by atoms with Crippen LogP contribution in [0.3, 0.4) is 0 Å². The van der Waals surface area contributed by atoms with E-state index in [4.69, 9.17) is 9.47 Å². The number of hydrogen-bond donors (Lipinski definition) is 1. The Bertz CT molecular complexity index is 813. The minimum Gasteiger partial charge on any atom is -0.488 e. The number of benzene rings is 2. The van der Waals surface area contributed by atoms with Crippen molar-refractivity contribution in [1.82, 2.24) is 5.32 Å². The first-order chi connectivity index (χ1) is 13.0. The quantitative estimate of drug-likeness (QED) is 0.724. The molecule has 2 aromatic rings. The first-order valence-corrected chi connectivity index (χ1v) is 9.27. The van der Waals surface area contributed by atoms with Crippen molar-refractivity contribution in [1.29, 1.82) is 0 Å². The molecule has 1 aliphatic carbocycles. The Morgan fingerprint density at radius 3 is 2.56 bits per heavy atom. The Kier molecular flexibility index (Phi) is 6.12. The summed E-state index contributed by atoms with van der Waals surface area (Å²) >= 11 is 0. The molecule has 2 aromatic carbocycles. The average molecular weight is 367 g/mol. The maximum absolute atomic E-state index is 12.4. The number of rotatable bonds is 8. The number of carbonyl (C=O) groups excluding carboxylic acids is 2. The molecule has 27 heavy (non-hydrogen) atoms. The van der Waals surface area contributed by atoms with E-state index in [0.717, 1.165) is 24.0 Å². The van der Waals surface area contributed by atoms with Gasteiger partial charge in [0.25, 0.3) is 5.91 Å². The number of esters is 1. The molecule has 1 unspecified atom stereocenters. The highest BCUT2D eigenvalue weighted by molar-refractivity contribution is 5.94. The summed E-state index contributed by atoms with van der Waals surface area (Å²) in [6, 6.07) is 15.0. The molecule has 0 bridgehead atoms. The number of nitrogens with one attached hydrogen (secondary N) is 1. The Balaban J connectivity index is 1.56. The normalized spacial score (nSPS) is 14.3. The summed E-state index contributed by atoms with van der Waals surface area (Å²) in [6.07, 6.45) is 2.29. The average Bonchev–Trinajstić information content (AvgIpc) is 3.51. The van der Waals surface area contributed by atoms with Crippen LogP contribution in [0.15, 0.2) is 48.5 Å². The molecule has 1 fully saturated rings. The fourth-order valence-corrected chi connectivity index (χ4v) is 2.91. The number of ether oxygens (including phenoxy) is 2. The number of amides is 1. The van der Waals surface area contributed by atoms with Crippen LogP contribution < -0.4 is 10.1 Å². The first kappa shape index (κ1) is 19.0. The zero-order valence-electron chi connectivity index (χ0n) is 15.7. The Hall–Kier alpha value is -2.82. The van der Waals surface area contributed by atoms with E-state index >= 15 is 0 Å². The maximum atomic E-state index is 12.4. The van der Waals surface area contributed by atoms with E-state index in [9.17, 15) is 9.59 Å². The lowest BCUT2D eigenvalue weighted by Gasteiger charge is -2.14. The van der Waals surface area contributed by atoms with Gasteiger partial charge in [-0.25, -0.2) is 4.79 Å². The van der Waals surface area contributed by atoms with Crippen molar-refractivity contribution in [3.63, 3.8) is 0 Å². The van der Waals surface area contributed by atoms with Gasteiger partial charge in [0, 0.05) is 6.04 Å². The molecule has 142 valence electrons. The van der Waals surface area contributed by atoms with Crippen LogP contribution in [0.5, 0.6) is 5.75 Å². The van der Waals surface area contributed by atoms with Crippen molar-refractivity contribution in [3.8, 4) is 5.75 Å². The van der Waals surface area contributed by atoms with Gasteiger partial charge in [-0.2, -0.15) is 0 Å². The summed E-state index contributed by atoms with van der Waals surface area (Å²) in [4.78, 5) is 24.3. The SMILES string of the molecule is Cc1ccccc1COc1ccccc1C(=O)OCC(=O)NC(C)C1CC1. The third-order valence-electron chi connectivity index (χ3n) is 4.80. The van der Waals surface area contributed by atoms with Crippen LogP contribution in [0.4, 0.5) is 0 Å². The molecule has 0 aliphatic heterocycles. The fourth-order valence-electron chi connectivity index (χ4n) is 2.91. The second kappa shape index (κ2) is 8.71. The second-order valence-electron chi connectivity index (χ2n) is 6.98. The summed E-state index contributed by atoms with van der Waals surface area (Å²) < 4.78 is 11.0. The second-order valence-corrected chi connectivity index (χ2v) is 6.98. The van der Waals surface area contributed by atoms with Gasteiger partial charge >= 0.3 is 5.97 Å². The summed E-state index contributed by atoms with van der Waals surface area (Å²) in [5, 5.41) is 2.87. The first-order valence-electron chi connectivity index (χ1n) is 9.27. The summed E-state index contributed by atoms with van der Waals surface area (Å²) in [7, 11) is 0. The lowest BCUT2D eigenvalue weighted by molar-refractivity contribution is -0.125. The van der Waals surface area contributed by atoms with Gasteiger partial charge in [0.05, 0.1) is 0 Å². The molecular formula is C22H25NO4. The third-order valence-corrected chi connectivity index (χ3v) is 4.80. The van der Waals surface area contributed by atoms with Gasteiger partial charge in [0.1, 0.15) is 17.9 Å². The molecule has 1 saturated carbocycles. The third kappa shape index (κ3) is 5.33. The van der Waals surface area contributed by atoms with E-state index in [1.165, 1.54) is 0 Å². The minimum absolute atomic E-state index is 0.126. The van der Waals surface area contributed by atoms with E-state index < -0.39 is 5.97 Å². The smallest absolute Gasteiger partial charge is 0.342 e. The van der Waals surface area contributed by atoms with E-state index in [-0.39, 0.29) is 18.6 Å². The molecule has 0 aromatic heterocycles. The van der Waals surface area contributed by atoms with Crippen LogP contribution in [0.25, 0.3) is 0 Å². The highest BCUT2D eigenvalue weighted by atomic mass is 16.5. The minimum atomic E-state index is -0.565. The van der Waals surface area contributed by atoms with Crippen molar-refractivity contribution in [2.45, 2.75) is 39.3 Å². The monoisotopic (exact) mass is 367 g/mol. The molecule has 3 rings (SSSR count). The Morgan fingerprint density at radius 2 is 1.81 bits per heavy atom. The van der Waals surface area contributed by atoms with E-state index in [0.29, 0.717) is 23.8 Å². The van der Waals surface area contributed by atoms with Gasteiger partial charge in [-0.3, -0.25) is 4.79 Å². The highest BCUT2D eigenvalue weighted by Gasteiger charge is 2.29. The van der Waals surface area contributed by atoms with Crippen LogP contribution in [0.1, 0.15) is 41.3 Å². The summed E-state index contributed by atoms with van der Waals surface area (Å²) in [5.41, 5.74) is 2.49. The van der Waals surface area contributed by atoms with Crippen LogP contribution in [0, 0.1) is 12.8 Å². The molecule has 1 N–H and O–H groups in total. The predicted octanol–water partition coefficient (Wildman–Crippen LogP) is 3.65. The standard InChI is InChI=1S/C22H25NO4/c1-15-7-3-4-8-18(15)13-26-20-10-6-5-9-19(20)22(25)27-14-21(24)23-16(2)17-11-12-17/h3-10,16-17H,11-14H2,1-2H3,(H,23,24). The molecule has 1 aliphatic rings. The van der Waals surface area contributed by atoms with Crippen molar-refractivity contribution < 1.29 is 19.1 Å². The number of para-hydroxylation sites is 1. The molecule has 0 radical (unpaired) electrons. The highest BCUT2D eigenvalue weighted by Crippen LogP contribution is 2.32. The summed E-state index contributed by atoms with van der Waals surface area (Å²) in [5.74, 6) is 0.156. The van der Waals surface area contributed by atoms with Gasteiger partial charge in [0.15, 0.2) is 6.61 Å². The molecule has 1 atom stereocenters. The molecule has 0 heterocycles. The lowest BCUT2D eigenvalue weighted by Crippen LogP contribution is -2.37. The van der Waals surface area contributed by atoms with Crippen LogP contribution in [0.2, 0.25) is 0 Å². The van der Waals surface area contributed by atoms with E-state index in [1.807, 2.05) is 38.1 Å². The van der Waals surface area contributed by atoms with Gasteiger partial charge in [-0.15, -0.1) is 0 Å². The van der Waals surface area contributed by atoms with Gasteiger partial charge in [-0.05, 0) is 55.9 Å². The van der Waals surface area contributed by atoms with Gasteiger partial charge in [-0.1, -0.05) is 36.4 Å². The van der Waals surface area contributed by atoms with Gasteiger partial charge < -0.3 is 14.8 Å². The van der Waals surface area contributed by atoms with Crippen molar-refractivity contribution in [2.75, 3.05) is 6.61 Å². The van der Waals surface area contributed by atoms with E-state index in [2.05, 4.69) is 5.32 Å². The van der Waals surface area contributed by atoms with Gasteiger partial charge in [0.2, 0.25) is 0 Å². The number of aryl methyl sites for hydroxylation is 1. The van der Waals surface area contributed by atoms with Crippen LogP contribution in [-0.2, 0) is 16.1 Å². The molecule has 1 amide bonds. The molecule has 0 spiro atoms. The topological polar surface area (TPSA) is 64.6 Å². The van der Waals surface area contributed by atoms with Crippen LogP contribution >= 0.6 is 0 Å². The Morgan fingerprint density at radius 1 is 1.11 bits per heavy atom. The predicted molar refractivity (Wildman–Crippen MR) is 103 cm³/mol. The Labute approximate surface area is 159 Å². The fraction of sp³-hybridized carbons (Fsp3) is 0.364.